The summed E-state index contributed by atoms with van der Waals surface area (Å²) < 4.78 is 10.2. The van der Waals surface area contributed by atoms with Crippen LogP contribution in [-0.2, 0) is 9.53 Å². The molecule has 2 heterocycles. The van der Waals surface area contributed by atoms with Gasteiger partial charge in [0.2, 0.25) is 0 Å². The van der Waals surface area contributed by atoms with Gasteiger partial charge in [0.25, 0.3) is 5.91 Å². The zero-order chi connectivity index (χ0) is 19.2. The number of amides is 1. The number of ether oxygens (including phenoxy) is 2. The molecule has 3 rings (SSSR count). The Labute approximate surface area is 162 Å². The Bertz CT molecular complexity index is 791. The number of piperidine rings is 1. The molecule has 1 amide bonds. The second kappa shape index (κ2) is 8.85. The molecule has 8 heteroatoms. The summed E-state index contributed by atoms with van der Waals surface area (Å²) in [5.41, 5.74) is 1.25. The molecule has 0 saturated carbocycles. The fraction of sp³-hybridized carbons (Fsp3) is 0.421. The molecule has 1 fully saturated rings. The van der Waals surface area contributed by atoms with Crippen LogP contribution in [0.1, 0.15) is 30.3 Å². The van der Waals surface area contributed by atoms with Crippen molar-refractivity contribution in [1.29, 1.82) is 0 Å². The fourth-order valence-electron chi connectivity index (χ4n) is 3.00. The molecule has 0 radical (unpaired) electrons. The third-order valence-electron chi connectivity index (χ3n) is 4.39. The highest BCUT2D eigenvalue weighted by Crippen LogP contribution is 2.25. The predicted molar refractivity (Wildman–Crippen MR) is 104 cm³/mol. The first kappa shape index (κ1) is 19.2. The number of likely N-dealkylation sites (tertiary alicyclic amines) is 1. The lowest BCUT2D eigenvalue weighted by molar-refractivity contribution is -0.149. The van der Waals surface area contributed by atoms with Gasteiger partial charge in [-0.1, -0.05) is 0 Å². The van der Waals surface area contributed by atoms with Gasteiger partial charge in [0.1, 0.15) is 11.4 Å². The normalized spacial score (nSPS) is 16.7. The summed E-state index contributed by atoms with van der Waals surface area (Å²) in [5, 5.41) is 5.56. The smallest absolute Gasteiger partial charge is 0.310 e. The van der Waals surface area contributed by atoms with Gasteiger partial charge in [-0.2, -0.15) is 0 Å². The molecule has 1 aliphatic heterocycles. The number of carbonyl (C=O) groups is 2. The molecular formula is C19H23N3O4S. The standard InChI is InChI=1S/C19H23N3O4S/c1-3-26-18(24)13-5-4-10-22(11-13)17(23)16-12-27-19(21-16)20-14-6-8-15(25-2)9-7-14/h6-9,12-13H,3-5,10-11H2,1-2H3,(H,20,21)/t13-/m1/s1. The minimum absolute atomic E-state index is 0.150. The van der Waals surface area contributed by atoms with Crippen molar-refractivity contribution < 1.29 is 19.1 Å². The first-order chi connectivity index (χ1) is 13.1. The SMILES string of the molecule is CCOC(=O)[C@@H]1CCCN(C(=O)c2csc(Nc3ccc(OC)cc3)n2)C1. The zero-order valence-electron chi connectivity index (χ0n) is 15.4. The van der Waals surface area contributed by atoms with Gasteiger partial charge in [-0.3, -0.25) is 9.59 Å². The summed E-state index contributed by atoms with van der Waals surface area (Å²) in [6.07, 6.45) is 1.54. The first-order valence-corrected chi connectivity index (χ1v) is 9.81. The Hall–Kier alpha value is -2.61. The summed E-state index contributed by atoms with van der Waals surface area (Å²) in [6, 6.07) is 7.48. The molecule has 27 heavy (non-hydrogen) atoms. The van der Waals surface area contributed by atoms with Gasteiger partial charge in [-0.25, -0.2) is 4.98 Å². The highest BCUT2D eigenvalue weighted by atomic mass is 32.1. The van der Waals surface area contributed by atoms with E-state index in [9.17, 15) is 9.59 Å². The molecule has 0 aliphatic carbocycles. The molecule has 1 aromatic carbocycles. The van der Waals surface area contributed by atoms with Crippen molar-refractivity contribution in [3.05, 3.63) is 35.3 Å². The highest BCUT2D eigenvalue weighted by Gasteiger charge is 2.30. The van der Waals surface area contributed by atoms with Crippen LogP contribution in [0, 0.1) is 5.92 Å². The average molecular weight is 389 g/mol. The van der Waals surface area contributed by atoms with Gasteiger partial charge in [0, 0.05) is 24.2 Å². The van der Waals surface area contributed by atoms with E-state index >= 15 is 0 Å². The van der Waals surface area contributed by atoms with Gasteiger partial charge in [-0.15, -0.1) is 11.3 Å². The molecule has 2 aromatic rings. The minimum atomic E-state index is -0.252. The summed E-state index contributed by atoms with van der Waals surface area (Å²) in [4.78, 5) is 30.8. The number of methoxy groups -OCH3 is 1. The molecule has 0 bridgehead atoms. The van der Waals surface area contributed by atoms with Crippen molar-refractivity contribution in [2.24, 2.45) is 5.92 Å². The second-order valence-corrected chi connectivity index (χ2v) is 7.09. The van der Waals surface area contributed by atoms with Crippen molar-refractivity contribution in [1.82, 2.24) is 9.88 Å². The molecule has 1 atom stereocenters. The maximum absolute atomic E-state index is 12.7. The third kappa shape index (κ3) is 4.77. The third-order valence-corrected chi connectivity index (χ3v) is 5.15. The number of nitrogens with one attached hydrogen (secondary N) is 1. The highest BCUT2D eigenvalue weighted by molar-refractivity contribution is 7.14. The summed E-state index contributed by atoms with van der Waals surface area (Å²) in [7, 11) is 1.62. The van der Waals surface area contributed by atoms with Crippen LogP contribution in [-0.4, -0.2) is 48.6 Å². The fourth-order valence-corrected chi connectivity index (χ4v) is 3.71. The van der Waals surface area contributed by atoms with Crippen LogP contribution in [0.4, 0.5) is 10.8 Å². The topological polar surface area (TPSA) is 80.8 Å². The maximum atomic E-state index is 12.7. The summed E-state index contributed by atoms with van der Waals surface area (Å²) in [6.45, 7) is 3.16. The second-order valence-electron chi connectivity index (χ2n) is 6.23. The Balaban J connectivity index is 1.62. The van der Waals surface area contributed by atoms with E-state index in [4.69, 9.17) is 9.47 Å². The number of hydrogen-bond acceptors (Lipinski definition) is 7. The maximum Gasteiger partial charge on any atom is 0.310 e. The van der Waals surface area contributed by atoms with Crippen molar-refractivity contribution in [3.63, 3.8) is 0 Å². The molecule has 1 aliphatic rings. The van der Waals surface area contributed by atoms with Crippen molar-refractivity contribution in [3.8, 4) is 5.75 Å². The number of benzene rings is 1. The quantitative estimate of drug-likeness (QED) is 0.764. The molecule has 7 nitrogen and oxygen atoms in total. The van der Waals surface area contributed by atoms with E-state index in [1.54, 1.807) is 24.3 Å². The van der Waals surface area contributed by atoms with Gasteiger partial charge in [0.15, 0.2) is 5.13 Å². The molecule has 1 saturated heterocycles. The lowest BCUT2D eigenvalue weighted by Crippen LogP contribution is -2.42. The van der Waals surface area contributed by atoms with E-state index in [1.165, 1.54) is 11.3 Å². The Kier molecular flexibility index (Phi) is 6.28. The van der Waals surface area contributed by atoms with E-state index in [2.05, 4.69) is 10.3 Å². The number of thiazole rings is 1. The number of anilines is 2. The lowest BCUT2D eigenvalue weighted by atomic mass is 9.98. The summed E-state index contributed by atoms with van der Waals surface area (Å²) in [5.74, 6) is 0.146. The van der Waals surface area contributed by atoms with E-state index < -0.39 is 0 Å². The van der Waals surface area contributed by atoms with E-state index in [0.717, 1.165) is 24.3 Å². The largest absolute Gasteiger partial charge is 0.497 e. The van der Waals surface area contributed by atoms with Crippen LogP contribution in [0.3, 0.4) is 0 Å². The van der Waals surface area contributed by atoms with E-state index in [0.29, 0.717) is 30.5 Å². The zero-order valence-corrected chi connectivity index (χ0v) is 16.3. The molecule has 0 spiro atoms. The van der Waals surface area contributed by atoms with Crippen LogP contribution < -0.4 is 10.1 Å². The monoisotopic (exact) mass is 389 g/mol. The van der Waals surface area contributed by atoms with Crippen LogP contribution in [0.2, 0.25) is 0 Å². The molecule has 144 valence electrons. The van der Waals surface area contributed by atoms with Crippen molar-refractivity contribution in [2.75, 3.05) is 32.1 Å². The lowest BCUT2D eigenvalue weighted by Gasteiger charge is -2.31. The number of esters is 1. The number of hydrogen-bond donors (Lipinski definition) is 1. The van der Waals surface area contributed by atoms with Gasteiger partial charge >= 0.3 is 5.97 Å². The first-order valence-electron chi connectivity index (χ1n) is 8.93. The van der Waals surface area contributed by atoms with Crippen LogP contribution in [0.5, 0.6) is 5.75 Å². The Morgan fingerprint density at radius 1 is 1.33 bits per heavy atom. The Morgan fingerprint density at radius 2 is 2.11 bits per heavy atom. The van der Waals surface area contributed by atoms with E-state index in [1.807, 2.05) is 24.3 Å². The van der Waals surface area contributed by atoms with Crippen LogP contribution >= 0.6 is 11.3 Å². The molecule has 0 unspecified atom stereocenters. The number of carbonyl (C=O) groups excluding carboxylic acids is 2. The Morgan fingerprint density at radius 3 is 2.81 bits per heavy atom. The van der Waals surface area contributed by atoms with Crippen molar-refractivity contribution >= 4 is 34.0 Å². The van der Waals surface area contributed by atoms with Gasteiger partial charge in [-0.05, 0) is 44.0 Å². The van der Waals surface area contributed by atoms with Gasteiger partial charge < -0.3 is 19.7 Å². The van der Waals surface area contributed by atoms with Gasteiger partial charge in [0.05, 0.1) is 19.6 Å². The molecule has 1 aromatic heterocycles. The van der Waals surface area contributed by atoms with E-state index in [-0.39, 0.29) is 17.8 Å². The predicted octanol–water partition coefficient (Wildman–Crippen LogP) is 3.31. The number of nitrogens with zero attached hydrogens (tertiary/aromatic N) is 2. The van der Waals surface area contributed by atoms with Crippen LogP contribution in [0.15, 0.2) is 29.6 Å². The molecular weight excluding hydrogens is 366 g/mol. The summed E-state index contributed by atoms with van der Waals surface area (Å²) >= 11 is 1.37. The average Bonchev–Trinajstić information content (AvgIpc) is 3.16. The number of rotatable bonds is 6. The van der Waals surface area contributed by atoms with Crippen LogP contribution in [0.25, 0.3) is 0 Å². The number of aromatic nitrogens is 1. The van der Waals surface area contributed by atoms with Crippen molar-refractivity contribution in [2.45, 2.75) is 19.8 Å². The minimum Gasteiger partial charge on any atom is -0.497 e. The molecule has 1 N–H and O–H groups in total.